The molecule has 0 N–H and O–H groups in total. The third-order valence-corrected chi connectivity index (χ3v) is 3.95. The molecule has 0 saturated heterocycles. The van der Waals surface area contributed by atoms with Gasteiger partial charge in [-0.15, -0.1) is 0 Å². The van der Waals surface area contributed by atoms with Crippen LogP contribution in [0, 0.1) is 0 Å². The molecular weight excluding hydrogens is 356 g/mol. The first-order valence-corrected chi connectivity index (χ1v) is 8.86. The summed E-state index contributed by atoms with van der Waals surface area (Å²) in [5.74, 6) is -0.0200. The van der Waals surface area contributed by atoms with E-state index in [2.05, 4.69) is 4.98 Å². The second-order valence-corrected chi connectivity index (χ2v) is 5.90. The first kappa shape index (κ1) is 19.1. The van der Waals surface area contributed by atoms with Gasteiger partial charge in [-0.3, -0.25) is 9.78 Å². The minimum Gasteiger partial charge on any atom is -0.465 e. The van der Waals surface area contributed by atoms with Crippen LogP contribution in [0.4, 0.5) is 5.69 Å². The molecule has 0 bridgehead atoms. The summed E-state index contributed by atoms with van der Waals surface area (Å²) < 4.78 is 10.2. The number of rotatable bonds is 7. The highest BCUT2D eigenvalue weighted by Gasteiger charge is 2.15. The van der Waals surface area contributed by atoms with Crippen molar-refractivity contribution in [2.45, 2.75) is 13.5 Å². The molecule has 6 heteroatoms. The number of ether oxygens (including phenoxy) is 1. The van der Waals surface area contributed by atoms with Crippen molar-refractivity contribution in [3.05, 3.63) is 90.2 Å². The van der Waals surface area contributed by atoms with Gasteiger partial charge in [0, 0.05) is 24.2 Å². The largest absolute Gasteiger partial charge is 0.465 e. The third-order valence-electron chi connectivity index (χ3n) is 3.95. The van der Waals surface area contributed by atoms with E-state index in [1.807, 2.05) is 12.1 Å². The Morgan fingerprint density at radius 1 is 1.14 bits per heavy atom. The molecule has 2 heterocycles. The predicted octanol–water partition coefficient (Wildman–Crippen LogP) is 4.10. The van der Waals surface area contributed by atoms with E-state index < -0.39 is 5.97 Å². The lowest BCUT2D eigenvalue weighted by atomic mass is 10.1. The fraction of sp³-hybridized carbons (Fsp3) is 0.136. The number of benzene rings is 1. The molecule has 0 aliphatic carbocycles. The van der Waals surface area contributed by atoms with Gasteiger partial charge in [0.1, 0.15) is 5.76 Å². The maximum absolute atomic E-state index is 12.8. The first-order valence-electron chi connectivity index (χ1n) is 8.86. The predicted molar refractivity (Wildman–Crippen MR) is 106 cm³/mol. The number of hydrogen-bond donors (Lipinski definition) is 0. The van der Waals surface area contributed by atoms with Crippen molar-refractivity contribution in [2.75, 3.05) is 11.5 Å². The van der Waals surface area contributed by atoms with Crippen molar-refractivity contribution in [3.8, 4) is 0 Å². The van der Waals surface area contributed by atoms with Gasteiger partial charge in [-0.25, -0.2) is 4.79 Å². The number of carbonyl (C=O) groups excluding carboxylic acids is 2. The molecule has 0 aliphatic heterocycles. The van der Waals surface area contributed by atoms with Gasteiger partial charge in [0.15, 0.2) is 0 Å². The maximum atomic E-state index is 12.8. The summed E-state index contributed by atoms with van der Waals surface area (Å²) in [5.41, 5.74) is 1.98. The Morgan fingerprint density at radius 3 is 2.61 bits per heavy atom. The quantitative estimate of drug-likeness (QED) is 0.459. The molecule has 3 aromatic rings. The normalized spacial score (nSPS) is 10.8. The van der Waals surface area contributed by atoms with E-state index in [1.165, 1.54) is 6.08 Å². The molecule has 0 fully saturated rings. The third kappa shape index (κ3) is 4.94. The lowest BCUT2D eigenvalue weighted by molar-refractivity contribution is -0.114. The molecule has 2 aromatic heterocycles. The Hall–Kier alpha value is -3.67. The number of aromatic nitrogens is 1. The number of hydrogen-bond acceptors (Lipinski definition) is 5. The monoisotopic (exact) mass is 376 g/mol. The lowest BCUT2D eigenvalue weighted by Crippen LogP contribution is -2.28. The summed E-state index contributed by atoms with van der Waals surface area (Å²) in [6.45, 7) is 2.41. The molecule has 0 radical (unpaired) electrons. The average molecular weight is 376 g/mol. The summed E-state index contributed by atoms with van der Waals surface area (Å²) in [5, 5.41) is 0. The zero-order valence-corrected chi connectivity index (χ0v) is 15.4. The number of amides is 1. The summed E-state index contributed by atoms with van der Waals surface area (Å²) in [7, 11) is 0. The second kappa shape index (κ2) is 9.32. The van der Waals surface area contributed by atoms with E-state index in [9.17, 15) is 9.59 Å². The van der Waals surface area contributed by atoms with Gasteiger partial charge < -0.3 is 14.1 Å². The van der Waals surface area contributed by atoms with Crippen molar-refractivity contribution in [1.29, 1.82) is 0 Å². The van der Waals surface area contributed by atoms with Gasteiger partial charge in [-0.05, 0) is 61.0 Å². The summed E-state index contributed by atoms with van der Waals surface area (Å²) in [6.07, 6.45) is 8.01. The van der Waals surface area contributed by atoms with E-state index >= 15 is 0 Å². The van der Waals surface area contributed by atoms with Crippen LogP contribution in [-0.2, 0) is 16.1 Å². The van der Waals surface area contributed by atoms with Crippen LogP contribution in [0.3, 0.4) is 0 Å². The van der Waals surface area contributed by atoms with Crippen LogP contribution in [-0.4, -0.2) is 23.5 Å². The molecule has 1 aromatic carbocycles. The van der Waals surface area contributed by atoms with Gasteiger partial charge in [-0.1, -0.05) is 6.07 Å². The van der Waals surface area contributed by atoms with E-state index in [0.29, 0.717) is 30.2 Å². The van der Waals surface area contributed by atoms with Crippen LogP contribution in [0.5, 0.6) is 0 Å². The second-order valence-electron chi connectivity index (χ2n) is 5.90. The van der Waals surface area contributed by atoms with Crippen LogP contribution in [0.25, 0.3) is 6.08 Å². The lowest BCUT2D eigenvalue weighted by Gasteiger charge is -2.21. The molecule has 1 amide bonds. The summed E-state index contributed by atoms with van der Waals surface area (Å²) in [4.78, 5) is 30.4. The Bertz CT molecular complexity index is 932. The number of esters is 1. The van der Waals surface area contributed by atoms with Gasteiger partial charge in [-0.2, -0.15) is 0 Å². The zero-order chi connectivity index (χ0) is 19.8. The van der Waals surface area contributed by atoms with Gasteiger partial charge in [0.25, 0.3) is 5.91 Å². The van der Waals surface area contributed by atoms with Crippen molar-refractivity contribution < 1.29 is 18.7 Å². The van der Waals surface area contributed by atoms with Crippen LogP contribution in [0.15, 0.2) is 77.7 Å². The number of anilines is 1. The Balaban J connectivity index is 1.85. The molecule has 0 aliphatic rings. The van der Waals surface area contributed by atoms with Crippen LogP contribution in [0.1, 0.15) is 28.6 Å². The van der Waals surface area contributed by atoms with Crippen LogP contribution >= 0.6 is 0 Å². The number of furan rings is 1. The first-order chi connectivity index (χ1) is 13.7. The van der Waals surface area contributed by atoms with Crippen molar-refractivity contribution in [2.24, 2.45) is 0 Å². The summed E-state index contributed by atoms with van der Waals surface area (Å²) >= 11 is 0. The molecular formula is C22H20N2O4. The summed E-state index contributed by atoms with van der Waals surface area (Å²) in [6, 6.07) is 14.0. The SMILES string of the molecule is CCOC(=O)c1ccc(N(Cc2cccnc2)C(=O)/C=C/c2ccco2)cc1. The molecule has 28 heavy (non-hydrogen) atoms. The van der Waals surface area contributed by atoms with E-state index in [-0.39, 0.29) is 5.91 Å². The van der Waals surface area contributed by atoms with Gasteiger partial charge >= 0.3 is 5.97 Å². The van der Waals surface area contributed by atoms with E-state index in [4.69, 9.17) is 9.15 Å². The molecule has 0 saturated carbocycles. The van der Waals surface area contributed by atoms with Gasteiger partial charge in [0.05, 0.1) is 25.0 Å². The highest BCUT2D eigenvalue weighted by molar-refractivity contribution is 6.03. The Morgan fingerprint density at radius 2 is 1.96 bits per heavy atom. The molecule has 0 unspecified atom stereocenters. The van der Waals surface area contributed by atoms with Crippen molar-refractivity contribution >= 4 is 23.6 Å². The molecule has 0 atom stereocenters. The van der Waals surface area contributed by atoms with E-state index in [1.54, 1.807) is 73.0 Å². The number of nitrogens with zero attached hydrogens (tertiary/aromatic N) is 2. The molecule has 3 rings (SSSR count). The average Bonchev–Trinajstić information content (AvgIpc) is 3.25. The van der Waals surface area contributed by atoms with E-state index in [0.717, 1.165) is 5.56 Å². The Labute approximate surface area is 163 Å². The Kier molecular flexibility index (Phi) is 6.36. The van der Waals surface area contributed by atoms with Gasteiger partial charge in [0.2, 0.25) is 0 Å². The molecule has 142 valence electrons. The number of pyridine rings is 1. The number of carbonyl (C=O) groups is 2. The smallest absolute Gasteiger partial charge is 0.338 e. The minimum absolute atomic E-state index is 0.218. The molecule has 6 nitrogen and oxygen atoms in total. The highest BCUT2D eigenvalue weighted by Crippen LogP contribution is 2.20. The minimum atomic E-state index is -0.392. The maximum Gasteiger partial charge on any atom is 0.338 e. The topological polar surface area (TPSA) is 72.6 Å². The highest BCUT2D eigenvalue weighted by atomic mass is 16.5. The van der Waals surface area contributed by atoms with Crippen molar-refractivity contribution in [3.63, 3.8) is 0 Å². The van der Waals surface area contributed by atoms with Crippen LogP contribution in [0.2, 0.25) is 0 Å². The molecule has 0 spiro atoms. The fourth-order valence-corrected chi connectivity index (χ4v) is 2.59. The fourth-order valence-electron chi connectivity index (χ4n) is 2.59. The zero-order valence-electron chi connectivity index (χ0n) is 15.4. The standard InChI is InChI=1S/C22H20N2O4/c1-2-27-22(26)18-7-9-19(10-8-18)24(16-17-5-3-13-23-15-17)21(25)12-11-20-6-4-14-28-20/h3-15H,2,16H2,1H3/b12-11+. The van der Waals surface area contributed by atoms with Crippen molar-refractivity contribution in [1.82, 2.24) is 4.98 Å². The van der Waals surface area contributed by atoms with Crippen LogP contribution < -0.4 is 4.90 Å².